The molecule has 7 heteroatoms. The Morgan fingerprint density at radius 2 is 2.23 bits per heavy atom. The third kappa shape index (κ3) is 3.95. The normalized spacial score (nSPS) is 10.6. The van der Waals surface area contributed by atoms with Crippen LogP contribution >= 0.6 is 0 Å². The maximum atomic E-state index is 11.6. The second-order valence-electron chi connectivity index (χ2n) is 4.21. The average molecular weight is 303 g/mol. The van der Waals surface area contributed by atoms with Gasteiger partial charge in [0.1, 0.15) is 18.1 Å². The predicted octanol–water partition coefficient (Wildman–Crippen LogP) is 2.95. The van der Waals surface area contributed by atoms with Crippen molar-refractivity contribution in [3.8, 4) is 5.75 Å². The number of non-ortho nitro benzene ring substituents is 1. The first-order chi connectivity index (χ1) is 10.6. The van der Waals surface area contributed by atoms with E-state index in [9.17, 15) is 14.9 Å². The Bertz CT molecular complexity index is 690. The van der Waals surface area contributed by atoms with Crippen LogP contribution in [-0.2, 0) is 16.1 Å². The summed E-state index contributed by atoms with van der Waals surface area (Å²) in [5.41, 5.74) is 0.314. The highest BCUT2D eigenvalue weighted by atomic mass is 16.6. The molecule has 0 aliphatic heterocycles. The molecule has 2 aromatic rings. The van der Waals surface area contributed by atoms with Crippen molar-refractivity contribution in [1.29, 1.82) is 0 Å². The largest absolute Gasteiger partial charge is 0.496 e. The highest BCUT2D eigenvalue weighted by Gasteiger charge is 2.12. The quantitative estimate of drug-likeness (QED) is 0.352. The van der Waals surface area contributed by atoms with E-state index >= 15 is 0 Å². The lowest BCUT2D eigenvalue weighted by molar-refractivity contribution is -0.385. The van der Waals surface area contributed by atoms with Gasteiger partial charge in [-0.1, -0.05) is 0 Å². The van der Waals surface area contributed by atoms with E-state index in [1.165, 1.54) is 43.7 Å². The van der Waals surface area contributed by atoms with E-state index in [-0.39, 0.29) is 12.3 Å². The fourth-order valence-electron chi connectivity index (χ4n) is 1.72. The fourth-order valence-corrected chi connectivity index (χ4v) is 1.72. The third-order valence-electron chi connectivity index (χ3n) is 2.77. The van der Waals surface area contributed by atoms with Crippen LogP contribution < -0.4 is 4.74 Å². The van der Waals surface area contributed by atoms with Gasteiger partial charge in [-0.25, -0.2) is 4.79 Å². The highest BCUT2D eigenvalue weighted by Crippen LogP contribution is 2.24. The van der Waals surface area contributed by atoms with Crippen molar-refractivity contribution < 1.29 is 23.6 Å². The number of hydrogen-bond acceptors (Lipinski definition) is 6. The van der Waals surface area contributed by atoms with E-state index in [0.717, 1.165) is 0 Å². The van der Waals surface area contributed by atoms with E-state index in [1.807, 2.05) is 0 Å². The Labute approximate surface area is 125 Å². The van der Waals surface area contributed by atoms with E-state index < -0.39 is 10.9 Å². The Hall–Kier alpha value is -3.09. The van der Waals surface area contributed by atoms with Crippen molar-refractivity contribution in [3.63, 3.8) is 0 Å². The number of carbonyl (C=O) groups excluding carboxylic acids is 1. The minimum atomic E-state index is -0.593. The predicted molar refractivity (Wildman–Crippen MR) is 77.2 cm³/mol. The number of nitrogens with zero attached hydrogens (tertiary/aromatic N) is 1. The van der Waals surface area contributed by atoms with Crippen molar-refractivity contribution >= 4 is 17.7 Å². The van der Waals surface area contributed by atoms with Gasteiger partial charge in [-0.05, 0) is 24.3 Å². The van der Waals surface area contributed by atoms with Crippen LogP contribution in [0.15, 0.2) is 47.1 Å². The van der Waals surface area contributed by atoms with Crippen LogP contribution in [0.1, 0.15) is 11.3 Å². The van der Waals surface area contributed by atoms with Crippen molar-refractivity contribution in [2.24, 2.45) is 0 Å². The molecule has 7 nitrogen and oxygen atoms in total. The molecule has 0 radical (unpaired) electrons. The number of rotatable bonds is 6. The number of benzene rings is 1. The molecular weight excluding hydrogens is 290 g/mol. The summed E-state index contributed by atoms with van der Waals surface area (Å²) in [6.07, 6.45) is 4.16. The molecule has 0 aliphatic carbocycles. The van der Waals surface area contributed by atoms with Crippen molar-refractivity contribution in [2.75, 3.05) is 7.11 Å². The molecule has 0 atom stereocenters. The number of nitro benzene ring substituents is 1. The first-order valence-corrected chi connectivity index (χ1v) is 6.30. The van der Waals surface area contributed by atoms with Gasteiger partial charge in [0.2, 0.25) is 0 Å². The molecule has 1 aromatic heterocycles. The zero-order valence-electron chi connectivity index (χ0n) is 11.7. The number of furan rings is 1. The molecule has 0 unspecified atom stereocenters. The standard InChI is InChI=1S/C15H13NO6/c1-20-14-6-4-12(16(18)19)9-11(14)10-22-15(17)7-5-13-3-2-8-21-13/h2-9H,10H2,1H3/b7-5+. The summed E-state index contributed by atoms with van der Waals surface area (Å²) in [7, 11) is 1.43. The second kappa shape index (κ2) is 7.07. The zero-order chi connectivity index (χ0) is 15.9. The summed E-state index contributed by atoms with van der Waals surface area (Å²) in [6.45, 7) is -0.133. The number of ether oxygens (including phenoxy) is 2. The maximum absolute atomic E-state index is 11.6. The molecule has 0 N–H and O–H groups in total. The molecule has 0 spiro atoms. The molecular formula is C15H13NO6. The van der Waals surface area contributed by atoms with Gasteiger partial charge < -0.3 is 13.9 Å². The SMILES string of the molecule is COc1ccc([N+](=O)[O-])cc1COC(=O)/C=C/c1ccco1. The molecule has 0 saturated carbocycles. The minimum absolute atomic E-state index is 0.0991. The van der Waals surface area contributed by atoms with Crippen molar-refractivity contribution in [1.82, 2.24) is 0 Å². The van der Waals surface area contributed by atoms with Crippen LogP contribution in [-0.4, -0.2) is 18.0 Å². The van der Waals surface area contributed by atoms with Gasteiger partial charge in [-0.15, -0.1) is 0 Å². The molecule has 2 rings (SSSR count). The molecule has 114 valence electrons. The molecule has 0 bridgehead atoms. The smallest absolute Gasteiger partial charge is 0.331 e. The summed E-state index contributed by atoms with van der Waals surface area (Å²) in [4.78, 5) is 21.8. The van der Waals surface area contributed by atoms with Crippen LogP contribution in [0.5, 0.6) is 5.75 Å². The number of carbonyl (C=O) groups is 1. The van der Waals surface area contributed by atoms with Gasteiger partial charge in [-0.2, -0.15) is 0 Å². The highest BCUT2D eigenvalue weighted by molar-refractivity contribution is 5.86. The lowest BCUT2D eigenvalue weighted by Crippen LogP contribution is -2.03. The first kappa shape index (κ1) is 15.3. The van der Waals surface area contributed by atoms with Crippen LogP contribution in [0.2, 0.25) is 0 Å². The molecule has 0 amide bonds. The number of methoxy groups -OCH3 is 1. The maximum Gasteiger partial charge on any atom is 0.331 e. The van der Waals surface area contributed by atoms with E-state index in [0.29, 0.717) is 17.1 Å². The lowest BCUT2D eigenvalue weighted by atomic mass is 10.2. The number of esters is 1. The second-order valence-corrected chi connectivity index (χ2v) is 4.21. The summed E-state index contributed by atoms with van der Waals surface area (Å²) in [6, 6.07) is 7.47. The van der Waals surface area contributed by atoms with Gasteiger partial charge in [0.25, 0.3) is 5.69 Å². The molecule has 0 saturated heterocycles. The fraction of sp³-hybridized carbons (Fsp3) is 0.133. The van der Waals surface area contributed by atoms with E-state index in [2.05, 4.69) is 0 Å². The monoisotopic (exact) mass is 303 g/mol. The molecule has 1 aromatic carbocycles. The van der Waals surface area contributed by atoms with Crippen molar-refractivity contribution in [2.45, 2.75) is 6.61 Å². The topological polar surface area (TPSA) is 91.8 Å². The van der Waals surface area contributed by atoms with Gasteiger partial charge in [0.05, 0.1) is 18.3 Å². The molecule has 22 heavy (non-hydrogen) atoms. The average Bonchev–Trinajstić information content (AvgIpc) is 3.03. The molecule has 0 fully saturated rings. The van der Waals surface area contributed by atoms with Crippen LogP contribution in [0, 0.1) is 10.1 Å². The Morgan fingerprint density at radius 3 is 2.86 bits per heavy atom. The summed E-state index contributed by atoms with van der Waals surface area (Å²) in [5.74, 6) is 0.336. The summed E-state index contributed by atoms with van der Waals surface area (Å²) < 4.78 is 15.2. The lowest BCUT2D eigenvalue weighted by Gasteiger charge is -2.08. The number of hydrogen-bond donors (Lipinski definition) is 0. The summed E-state index contributed by atoms with van der Waals surface area (Å²) in [5, 5.41) is 10.8. The van der Waals surface area contributed by atoms with Crippen LogP contribution in [0.3, 0.4) is 0 Å². The number of nitro groups is 1. The van der Waals surface area contributed by atoms with Gasteiger partial charge in [0.15, 0.2) is 0 Å². The van der Waals surface area contributed by atoms with Crippen LogP contribution in [0.4, 0.5) is 5.69 Å². The Balaban J connectivity index is 2.02. The van der Waals surface area contributed by atoms with Crippen LogP contribution in [0.25, 0.3) is 6.08 Å². The third-order valence-corrected chi connectivity index (χ3v) is 2.77. The first-order valence-electron chi connectivity index (χ1n) is 6.30. The Morgan fingerprint density at radius 1 is 1.41 bits per heavy atom. The minimum Gasteiger partial charge on any atom is -0.496 e. The van der Waals surface area contributed by atoms with Gasteiger partial charge in [0, 0.05) is 23.8 Å². The summed E-state index contributed by atoms with van der Waals surface area (Å²) >= 11 is 0. The van der Waals surface area contributed by atoms with E-state index in [4.69, 9.17) is 13.9 Å². The zero-order valence-corrected chi connectivity index (χ0v) is 11.7. The van der Waals surface area contributed by atoms with Gasteiger partial charge >= 0.3 is 5.97 Å². The van der Waals surface area contributed by atoms with E-state index in [1.54, 1.807) is 12.1 Å². The Kier molecular flexibility index (Phi) is 4.92. The molecule has 0 aliphatic rings. The molecule has 1 heterocycles. The van der Waals surface area contributed by atoms with Gasteiger partial charge in [-0.3, -0.25) is 10.1 Å². The van der Waals surface area contributed by atoms with Crippen molar-refractivity contribution in [3.05, 3.63) is 64.1 Å².